The highest BCUT2D eigenvalue weighted by atomic mass is 19.3. The smallest absolute Gasteiger partial charge is 0.387 e. The summed E-state index contributed by atoms with van der Waals surface area (Å²) in [6, 6.07) is 4.18. The second-order valence-corrected chi connectivity index (χ2v) is 4.66. The maximum Gasteiger partial charge on any atom is 0.387 e. The largest absolute Gasteiger partial charge is 0.493 e. The predicted molar refractivity (Wildman–Crippen MR) is 70.6 cm³/mol. The molecule has 6 nitrogen and oxygen atoms in total. The number of hydrogen-bond donors (Lipinski definition) is 2. The van der Waals surface area contributed by atoms with Crippen LogP contribution in [-0.2, 0) is 9.53 Å². The number of alkyl halides is 2. The molecular weight excluding hydrogens is 286 g/mol. The standard InChI is InChI=1S/C13H16F2N2O4/c1-19-9-3-2-8(6-10(9)21-12(14)15)17-11(18)13(16)4-5-20-7-13/h2-3,6,12H,4-5,7,16H2,1H3,(H,17,18). The van der Waals surface area contributed by atoms with Gasteiger partial charge in [0.05, 0.1) is 13.7 Å². The number of nitrogens with two attached hydrogens (primary N) is 1. The number of methoxy groups -OCH3 is 1. The Morgan fingerprint density at radius 1 is 1.48 bits per heavy atom. The summed E-state index contributed by atoms with van der Waals surface area (Å²) in [4.78, 5) is 12.1. The number of halogens is 2. The Kier molecular flexibility index (Phi) is 4.59. The second-order valence-electron chi connectivity index (χ2n) is 4.66. The van der Waals surface area contributed by atoms with E-state index in [2.05, 4.69) is 10.1 Å². The zero-order valence-corrected chi connectivity index (χ0v) is 11.4. The molecule has 8 heteroatoms. The zero-order chi connectivity index (χ0) is 15.5. The first kappa shape index (κ1) is 15.5. The number of hydrogen-bond acceptors (Lipinski definition) is 5. The minimum atomic E-state index is -2.99. The lowest BCUT2D eigenvalue weighted by Gasteiger charge is -2.21. The molecule has 0 radical (unpaired) electrons. The molecule has 21 heavy (non-hydrogen) atoms. The van der Waals surface area contributed by atoms with Gasteiger partial charge in [-0.25, -0.2) is 0 Å². The van der Waals surface area contributed by atoms with Gasteiger partial charge in [0.1, 0.15) is 5.54 Å². The number of carbonyl (C=O) groups excluding carboxylic acids is 1. The molecule has 3 N–H and O–H groups in total. The molecule has 0 spiro atoms. The molecule has 1 unspecified atom stereocenters. The van der Waals surface area contributed by atoms with E-state index < -0.39 is 18.1 Å². The van der Waals surface area contributed by atoms with Crippen LogP contribution in [0.15, 0.2) is 18.2 Å². The summed E-state index contributed by atoms with van der Waals surface area (Å²) in [5.74, 6) is -0.466. The number of carbonyl (C=O) groups is 1. The van der Waals surface area contributed by atoms with Gasteiger partial charge in [-0.1, -0.05) is 0 Å². The molecule has 1 aromatic carbocycles. The first-order valence-electron chi connectivity index (χ1n) is 6.25. The third-order valence-corrected chi connectivity index (χ3v) is 3.14. The highest BCUT2D eigenvalue weighted by Gasteiger charge is 2.38. The fourth-order valence-corrected chi connectivity index (χ4v) is 1.96. The average Bonchev–Trinajstić information content (AvgIpc) is 2.87. The maximum atomic E-state index is 12.3. The monoisotopic (exact) mass is 302 g/mol. The van der Waals surface area contributed by atoms with Gasteiger partial charge in [-0.15, -0.1) is 0 Å². The third kappa shape index (κ3) is 3.59. The van der Waals surface area contributed by atoms with Crippen molar-refractivity contribution in [2.45, 2.75) is 18.6 Å². The lowest BCUT2D eigenvalue weighted by Crippen LogP contribution is -2.51. The highest BCUT2D eigenvalue weighted by molar-refractivity contribution is 5.98. The van der Waals surface area contributed by atoms with Crippen LogP contribution in [-0.4, -0.2) is 38.4 Å². The van der Waals surface area contributed by atoms with Gasteiger partial charge >= 0.3 is 6.61 Å². The third-order valence-electron chi connectivity index (χ3n) is 3.14. The van der Waals surface area contributed by atoms with Crippen molar-refractivity contribution < 1.29 is 27.8 Å². The van der Waals surface area contributed by atoms with E-state index in [1.54, 1.807) is 0 Å². The molecule has 116 valence electrons. The molecule has 0 aliphatic carbocycles. The number of rotatable bonds is 5. The molecule has 1 aromatic rings. The molecule has 1 saturated heterocycles. The van der Waals surface area contributed by atoms with Gasteiger partial charge < -0.3 is 25.3 Å². The van der Waals surface area contributed by atoms with Gasteiger partial charge in [0, 0.05) is 18.4 Å². The highest BCUT2D eigenvalue weighted by Crippen LogP contribution is 2.32. The Morgan fingerprint density at radius 3 is 2.81 bits per heavy atom. The summed E-state index contributed by atoms with van der Waals surface area (Å²) < 4.78 is 39.0. The second kappa shape index (κ2) is 6.23. The zero-order valence-electron chi connectivity index (χ0n) is 11.4. The molecule has 1 aliphatic heterocycles. The summed E-state index contributed by atoms with van der Waals surface area (Å²) in [7, 11) is 1.33. The van der Waals surface area contributed by atoms with E-state index in [9.17, 15) is 13.6 Å². The van der Waals surface area contributed by atoms with E-state index in [1.807, 2.05) is 0 Å². The van der Waals surface area contributed by atoms with Crippen molar-refractivity contribution in [1.29, 1.82) is 0 Å². The Labute approximate surface area is 120 Å². The van der Waals surface area contributed by atoms with Crippen molar-refractivity contribution in [2.75, 3.05) is 25.6 Å². The molecule has 1 atom stereocenters. The van der Waals surface area contributed by atoms with E-state index in [1.165, 1.54) is 25.3 Å². The van der Waals surface area contributed by atoms with Gasteiger partial charge in [-0.2, -0.15) is 8.78 Å². The molecule has 1 fully saturated rings. The van der Waals surface area contributed by atoms with Gasteiger partial charge in [0.15, 0.2) is 11.5 Å². The van der Waals surface area contributed by atoms with Gasteiger partial charge in [-0.05, 0) is 18.6 Å². The van der Waals surface area contributed by atoms with E-state index >= 15 is 0 Å². The van der Waals surface area contributed by atoms with Crippen molar-refractivity contribution >= 4 is 11.6 Å². The first-order valence-corrected chi connectivity index (χ1v) is 6.25. The van der Waals surface area contributed by atoms with Crippen LogP contribution in [0.2, 0.25) is 0 Å². The minimum Gasteiger partial charge on any atom is -0.493 e. The first-order chi connectivity index (χ1) is 9.94. The van der Waals surface area contributed by atoms with Gasteiger partial charge in [-0.3, -0.25) is 4.79 Å². The molecule has 0 saturated carbocycles. The van der Waals surface area contributed by atoms with Crippen molar-refractivity contribution in [3.05, 3.63) is 18.2 Å². The normalized spacial score (nSPS) is 21.4. The summed E-state index contributed by atoms with van der Waals surface area (Å²) >= 11 is 0. The molecule has 1 amide bonds. The number of amides is 1. The Hall–Kier alpha value is -1.93. The minimum absolute atomic E-state index is 0.120. The number of benzene rings is 1. The quantitative estimate of drug-likeness (QED) is 0.858. The fraction of sp³-hybridized carbons (Fsp3) is 0.462. The average molecular weight is 302 g/mol. The summed E-state index contributed by atoms with van der Waals surface area (Å²) in [5, 5.41) is 2.56. The van der Waals surface area contributed by atoms with Crippen molar-refractivity contribution in [1.82, 2.24) is 0 Å². The van der Waals surface area contributed by atoms with Crippen molar-refractivity contribution in [2.24, 2.45) is 5.73 Å². The Morgan fingerprint density at radius 2 is 2.24 bits per heavy atom. The molecule has 1 aliphatic rings. The van der Waals surface area contributed by atoms with Crippen LogP contribution in [0.4, 0.5) is 14.5 Å². The predicted octanol–water partition coefficient (Wildman–Crippen LogP) is 1.35. The molecule has 2 rings (SSSR count). The molecule has 0 bridgehead atoms. The van der Waals surface area contributed by atoms with Crippen LogP contribution in [0, 0.1) is 0 Å². The fourth-order valence-electron chi connectivity index (χ4n) is 1.96. The molecular formula is C13H16F2N2O4. The summed E-state index contributed by atoms with van der Waals surface area (Å²) in [6.07, 6.45) is 0.398. The van der Waals surface area contributed by atoms with Crippen LogP contribution < -0.4 is 20.5 Å². The van der Waals surface area contributed by atoms with Gasteiger partial charge in [0.25, 0.3) is 0 Å². The van der Waals surface area contributed by atoms with Crippen LogP contribution in [0.25, 0.3) is 0 Å². The topological polar surface area (TPSA) is 82.8 Å². The lowest BCUT2D eigenvalue weighted by atomic mass is 9.99. The Bertz CT molecular complexity index is 519. The van der Waals surface area contributed by atoms with E-state index in [0.29, 0.717) is 13.0 Å². The molecule has 1 heterocycles. The van der Waals surface area contributed by atoms with Crippen molar-refractivity contribution in [3.63, 3.8) is 0 Å². The van der Waals surface area contributed by atoms with Crippen LogP contribution in [0.5, 0.6) is 11.5 Å². The number of nitrogens with one attached hydrogen (secondary N) is 1. The van der Waals surface area contributed by atoms with Crippen LogP contribution in [0.1, 0.15) is 6.42 Å². The van der Waals surface area contributed by atoms with Gasteiger partial charge in [0.2, 0.25) is 5.91 Å². The lowest BCUT2D eigenvalue weighted by molar-refractivity contribution is -0.121. The molecule has 0 aromatic heterocycles. The SMILES string of the molecule is COc1ccc(NC(=O)C2(N)CCOC2)cc1OC(F)F. The van der Waals surface area contributed by atoms with Crippen LogP contribution >= 0.6 is 0 Å². The maximum absolute atomic E-state index is 12.3. The van der Waals surface area contributed by atoms with Crippen LogP contribution in [0.3, 0.4) is 0 Å². The Balaban J connectivity index is 2.14. The van der Waals surface area contributed by atoms with E-state index in [0.717, 1.165) is 0 Å². The summed E-state index contributed by atoms with van der Waals surface area (Å²) in [6.45, 7) is -2.46. The summed E-state index contributed by atoms with van der Waals surface area (Å²) in [5.41, 5.74) is 5.09. The van der Waals surface area contributed by atoms with Crippen molar-refractivity contribution in [3.8, 4) is 11.5 Å². The van der Waals surface area contributed by atoms with E-state index in [-0.39, 0.29) is 23.8 Å². The van der Waals surface area contributed by atoms with E-state index in [4.69, 9.17) is 15.2 Å². The number of anilines is 1. The number of ether oxygens (including phenoxy) is 3.